The molecule has 2 atom stereocenters. The highest BCUT2D eigenvalue weighted by Gasteiger charge is 2.35. The molecule has 0 saturated carbocycles. The van der Waals surface area contributed by atoms with E-state index in [1.807, 2.05) is 54.6 Å². The van der Waals surface area contributed by atoms with Gasteiger partial charge in [0.1, 0.15) is 5.75 Å². The Morgan fingerprint density at radius 1 is 1.13 bits per heavy atom. The molecule has 1 N–H and O–H groups in total. The number of aliphatic hydroxyl groups excluding tert-OH is 1. The van der Waals surface area contributed by atoms with Gasteiger partial charge in [0.15, 0.2) is 0 Å². The van der Waals surface area contributed by atoms with Gasteiger partial charge in [-0.15, -0.1) is 0 Å². The van der Waals surface area contributed by atoms with Gasteiger partial charge in [-0.3, -0.25) is 4.79 Å². The molecule has 0 radical (unpaired) electrons. The lowest BCUT2D eigenvalue weighted by Crippen LogP contribution is -2.44. The molecular formula is C19H21NO3. The van der Waals surface area contributed by atoms with Gasteiger partial charge in [-0.2, -0.15) is 0 Å². The third-order valence-corrected chi connectivity index (χ3v) is 4.33. The molecule has 4 nitrogen and oxygen atoms in total. The van der Waals surface area contributed by atoms with Crippen molar-refractivity contribution in [1.29, 1.82) is 0 Å². The normalized spacial score (nSPS) is 21.3. The zero-order valence-corrected chi connectivity index (χ0v) is 13.2. The van der Waals surface area contributed by atoms with Gasteiger partial charge in [-0.05, 0) is 29.7 Å². The summed E-state index contributed by atoms with van der Waals surface area (Å²) in [5.74, 6) is 0.873. The Morgan fingerprint density at radius 3 is 2.48 bits per heavy atom. The molecule has 0 spiro atoms. The number of benzene rings is 2. The second kappa shape index (κ2) is 6.84. The monoisotopic (exact) mass is 311 g/mol. The lowest BCUT2D eigenvalue weighted by Gasteiger charge is -2.39. The lowest BCUT2D eigenvalue weighted by molar-refractivity contribution is -0.143. The zero-order chi connectivity index (χ0) is 16.2. The van der Waals surface area contributed by atoms with E-state index < -0.39 is 6.10 Å². The average molecular weight is 311 g/mol. The van der Waals surface area contributed by atoms with Crippen molar-refractivity contribution in [2.24, 2.45) is 0 Å². The molecule has 120 valence electrons. The fourth-order valence-corrected chi connectivity index (χ4v) is 3.10. The summed E-state index contributed by atoms with van der Waals surface area (Å²) < 4.78 is 5.17. The largest absolute Gasteiger partial charge is 0.497 e. The highest BCUT2D eigenvalue weighted by Crippen LogP contribution is 2.33. The third kappa shape index (κ3) is 3.37. The summed E-state index contributed by atoms with van der Waals surface area (Å²) in [7, 11) is 1.63. The molecule has 2 aromatic rings. The van der Waals surface area contributed by atoms with Crippen LogP contribution in [0.3, 0.4) is 0 Å². The first-order valence-corrected chi connectivity index (χ1v) is 7.84. The van der Waals surface area contributed by atoms with Gasteiger partial charge in [0.2, 0.25) is 5.91 Å². The number of rotatable bonds is 4. The van der Waals surface area contributed by atoms with Gasteiger partial charge in [0.05, 0.1) is 19.3 Å². The molecule has 0 bridgehead atoms. The van der Waals surface area contributed by atoms with Crippen molar-refractivity contribution in [2.75, 3.05) is 7.11 Å². The van der Waals surface area contributed by atoms with Gasteiger partial charge in [-0.25, -0.2) is 0 Å². The summed E-state index contributed by atoms with van der Waals surface area (Å²) in [5.41, 5.74) is 2.00. The molecule has 1 amide bonds. The summed E-state index contributed by atoms with van der Waals surface area (Å²) in [5, 5.41) is 10.5. The van der Waals surface area contributed by atoms with Crippen molar-refractivity contribution in [3.8, 4) is 5.75 Å². The number of ether oxygens (including phenoxy) is 1. The van der Waals surface area contributed by atoms with Crippen LogP contribution in [0, 0.1) is 0 Å². The fourth-order valence-electron chi connectivity index (χ4n) is 3.10. The van der Waals surface area contributed by atoms with Crippen LogP contribution in [0.15, 0.2) is 54.6 Å². The SMILES string of the molecule is COc1ccc(CN2C(=O)CC[C@@H](O)[C@@H]2c2ccccc2)cc1. The predicted octanol–water partition coefficient (Wildman–Crippen LogP) is 2.92. The minimum absolute atomic E-state index is 0.0833. The summed E-state index contributed by atoms with van der Waals surface area (Å²) in [6, 6.07) is 17.1. The maximum absolute atomic E-state index is 12.4. The summed E-state index contributed by atoms with van der Waals surface area (Å²) in [6.45, 7) is 0.486. The number of carbonyl (C=O) groups is 1. The predicted molar refractivity (Wildman–Crippen MR) is 88.0 cm³/mol. The first-order chi connectivity index (χ1) is 11.2. The summed E-state index contributed by atoms with van der Waals surface area (Å²) in [6.07, 6.45) is 0.367. The Labute approximate surface area is 136 Å². The topological polar surface area (TPSA) is 49.8 Å². The number of likely N-dealkylation sites (tertiary alicyclic amines) is 1. The van der Waals surface area contributed by atoms with Crippen molar-refractivity contribution in [3.05, 3.63) is 65.7 Å². The van der Waals surface area contributed by atoms with Crippen molar-refractivity contribution >= 4 is 5.91 Å². The Hall–Kier alpha value is -2.33. The number of carbonyl (C=O) groups excluding carboxylic acids is 1. The Bertz CT molecular complexity index is 654. The maximum atomic E-state index is 12.4. The van der Waals surface area contributed by atoms with Crippen LogP contribution in [0.1, 0.15) is 30.0 Å². The van der Waals surface area contributed by atoms with Gasteiger partial charge in [-0.1, -0.05) is 42.5 Å². The number of nitrogens with zero attached hydrogens (tertiary/aromatic N) is 1. The summed E-state index contributed by atoms with van der Waals surface area (Å²) in [4.78, 5) is 14.2. The molecule has 2 aromatic carbocycles. The van der Waals surface area contributed by atoms with Crippen molar-refractivity contribution < 1.29 is 14.6 Å². The molecule has 23 heavy (non-hydrogen) atoms. The molecule has 0 unspecified atom stereocenters. The minimum Gasteiger partial charge on any atom is -0.497 e. The standard InChI is InChI=1S/C19H21NO3/c1-23-16-9-7-14(8-10-16)13-20-18(22)12-11-17(21)19(20)15-5-3-2-4-6-15/h2-10,17,19,21H,11-13H2,1H3/t17-,19+/m1/s1. The first kappa shape index (κ1) is 15.6. The summed E-state index contributed by atoms with van der Waals surface area (Å²) >= 11 is 0. The van der Waals surface area contributed by atoms with Gasteiger partial charge >= 0.3 is 0 Å². The van der Waals surface area contributed by atoms with Crippen LogP contribution in [0.2, 0.25) is 0 Å². The molecule has 0 aromatic heterocycles. The van der Waals surface area contributed by atoms with E-state index in [0.29, 0.717) is 19.4 Å². The number of methoxy groups -OCH3 is 1. The number of hydrogen-bond donors (Lipinski definition) is 1. The van der Waals surface area contributed by atoms with Crippen LogP contribution in [0.25, 0.3) is 0 Å². The fraction of sp³-hybridized carbons (Fsp3) is 0.316. The molecule has 1 aliphatic rings. The molecule has 1 fully saturated rings. The number of amides is 1. The molecule has 3 rings (SSSR count). The van der Waals surface area contributed by atoms with Crippen LogP contribution >= 0.6 is 0 Å². The quantitative estimate of drug-likeness (QED) is 0.944. The highest BCUT2D eigenvalue weighted by atomic mass is 16.5. The number of hydrogen-bond acceptors (Lipinski definition) is 3. The molecular weight excluding hydrogens is 290 g/mol. The van der Waals surface area contributed by atoms with E-state index in [4.69, 9.17) is 4.74 Å². The van der Waals surface area contributed by atoms with E-state index in [-0.39, 0.29) is 11.9 Å². The van der Waals surface area contributed by atoms with Crippen LogP contribution < -0.4 is 4.74 Å². The number of piperidine rings is 1. The van der Waals surface area contributed by atoms with E-state index in [1.165, 1.54) is 0 Å². The number of aliphatic hydroxyl groups is 1. The van der Waals surface area contributed by atoms with E-state index in [0.717, 1.165) is 16.9 Å². The molecule has 1 saturated heterocycles. The minimum atomic E-state index is -0.534. The lowest BCUT2D eigenvalue weighted by atomic mass is 9.91. The van der Waals surface area contributed by atoms with Crippen LogP contribution in [-0.4, -0.2) is 29.1 Å². The van der Waals surface area contributed by atoms with Crippen LogP contribution in [-0.2, 0) is 11.3 Å². The van der Waals surface area contributed by atoms with Crippen molar-refractivity contribution in [2.45, 2.75) is 31.5 Å². The second-order valence-electron chi connectivity index (χ2n) is 5.83. The average Bonchev–Trinajstić information content (AvgIpc) is 2.60. The van der Waals surface area contributed by atoms with E-state index in [1.54, 1.807) is 12.0 Å². The van der Waals surface area contributed by atoms with Crippen molar-refractivity contribution in [3.63, 3.8) is 0 Å². The molecule has 1 aliphatic heterocycles. The van der Waals surface area contributed by atoms with Gasteiger partial charge in [0.25, 0.3) is 0 Å². The van der Waals surface area contributed by atoms with Crippen LogP contribution in [0.4, 0.5) is 0 Å². The van der Waals surface area contributed by atoms with E-state index in [9.17, 15) is 9.90 Å². The van der Waals surface area contributed by atoms with Crippen LogP contribution in [0.5, 0.6) is 5.75 Å². The second-order valence-corrected chi connectivity index (χ2v) is 5.83. The Kier molecular flexibility index (Phi) is 4.63. The van der Waals surface area contributed by atoms with Gasteiger partial charge < -0.3 is 14.7 Å². The molecule has 1 heterocycles. The molecule has 4 heteroatoms. The Balaban J connectivity index is 1.87. The van der Waals surface area contributed by atoms with Crippen molar-refractivity contribution in [1.82, 2.24) is 4.90 Å². The van der Waals surface area contributed by atoms with E-state index in [2.05, 4.69) is 0 Å². The zero-order valence-electron chi connectivity index (χ0n) is 13.2. The third-order valence-electron chi connectivity index (χ3n) is 4.33. The first-order valence-electron chi connectivity index (χ1n) is 7.84. The smallest absolute Gasteiger partial charge is 0.223 e. The molecule has 0 aliphatic carbocycles. The highest BCUT2D eigenvalue weighted by molar-refractivity contribution is 5.78. The Morgan fingerprint density at radius 2 is 1.83 bits per heavy atom. The maximum Gasteiger partial charge on any atom is 0.223 e. The van der Waals surface area contributed by atoms with E-state index >= 15 is 0 Å². The van der Waals surface area contributed by atoms with Gasteiger partial charge in [0, 0.05) is 13.0 Å².